The molecule has 0 atom stereocenters. The molecule has 0 bridgehead atoms. The monoisotopic (exact) mass is 340 g/mol. The molecule has 108 valence electrons. The van der Waals surface area contributed by atoms with E-state index in [-0.39, 0.29) is 18.6 Å². The van der Waals surface area contributed by atoms with Crippen molar-refractivity contribution in [3.63, 3.8) is 0 Å². The predicted octanol–water partition coefficient (Wildman–Crippen LogP) is 2.55. The van der Waals surface area contributed by atoms with Crippen molar-refractivity contribution in [3.05, 3.63) is 34.3 Å². The first-order valence-corrected chi connectivity index (χ1v) is 7.24. The molecule has 1 N–H and O–H groups in total. The Balaban J connectivity index is 2.01. The molecule has 1 aliphatic carbocycles. The zero-order valence-corrected chi connectivity index (χ0v) is 12.8. The summed E-state index contributed by atoms with van der Waals surface area (Å²) in [6.07, 6.45) is 1.79. The van der Waals surface area contributed by atoms with E-state index in [1.165, 1.54) is 4.90 Å². The number of hydrogen-bond acceptors (Lipinski definition) is 2. The standard InChI is InChI=1S/C14H17BrN2O3/c1-16(8-10-3-2-4-11(15)7-10)14(20)17(9-13(18)19)12-5-6-12/h2-4,7,12H,5-6,8-9H2,1H3,(H,18,19). The zero-order chi connectivity index (χ0) is 14.7. The average Bonchev–Trinajstić information content (AvgIpc) is 3.19. The molecule has 0 heterocycles. The van der Waals surface area contributed by atoms with Crippen molar-refractivity contribution in [2.45, 2.75) is 25.4 Å². The van der Waals surface area contributed by atoms with Crippen molar-refractivity contribution in [1.29, 1.82) is 0 Å². The van der Waals surface area contributed by atoms with E-state index in [0.717, 1.165) is 22.9 Å². The number of carbonyl (C=O) groups is 2. The Morgan fingerprint density at radius 1 is 1.40 bits per heavy atom. The Kier molecular flexibility index (Phi) is 4.65. The van der Waals surface area contributed by atoms with Crippen LogP contribution < -0.4 is 0 Å². The highest BCUT2D eigenvalue weighted by molar-refractivity contribution is 9.10. The zero-order valence-electron chi connectivity index (χ0n) is 11.3. The lowest BCUT2D eigenvalue weighted by molar-refractivity contribution is -0.137. The summed E-state index contributed by atoms with van der Waals surface area (Å²) in [6, 6.07) is 7.58. The van der Waals surface area contributed by atoms with E-state index in [0.29, 0.717) is 6.54 Å². The Morgan fingerprint density at radius 2 is 2.10 bits per heavy atom. The third-order valence-electron chi connectivity index (χ3n) is 3.17. The molecule has 0 radical (unpaired) electrons. The van der Waals surface area contributed by atoms with Gasteiger partial charge in [-0.2, -0.15) is 0 Å². The van der Waals surface area contributed by atoms with Gasteiger partial charge in [-0.3, -0.25) is 4.79 Å². The molecule has 0 aromatic heterocycles. The van der Waals surface area contributed by atoms with Gasteiger partial charge in [-0.05, 0) is 30.5 Å². The van der Waals surface area contributed by atoms with E-state index in [1.807, 2.05) is 24.3 Å². The minimum Gasteiger partial charge on any atom is -0.480 e. The molecular formula is C14H17BrN2O3. The number of hydrogen-bond donors (Lipinski definition) is 1. The summed E-state index contributed by atoms with van der Waals surface area (Å²) in [5.41, 5.74) is 1.00. The molecule has 1 fully saturated rings. The van der Waals surface area contributed by atoms with Crippen LogP contribution in [0.25, 0.3) is 0 Å². The van der Waals surface area contributed by atoms with Crippen molar-refractivity contribution in [3.8, 4) is 0 Å². The van der Waals surface area contributed by atoms with Crippen LogP contribution in [-0.2, 0) is 11.3 Å². The van der Waals surface area contributed by atoms with Crippen molar-refractivity contribution in [2.24, 2.45) is 0 Å². The third kappa shape index (κ3) is 3.96. The van der Waals surface area contributed by atoms with E-state index < -0.39 is 5.97 Å². The number of aliphatic carboxylic acids is 1. The molecule has 1 aliphatic rings. The van der Waals surface area contributed by atoms with Crippen molar-refractivity contribution in [2.75, 3.05) is 13.6 Å². The summed E-state index contributed by atoms with van der Waals surface area (Å²) in [5, 5.41) is 8.90. The number of nitrogens with zero attached hydrogens (tertiary/aromatic N) is 2. The number of urea groups is 1. The highest BCUT2D eigenvalue weighted by atomic mass is 79.9. The number of carboxylic acids is 1. The molecule has 1 aromatic rings. The molecule has 5 nitrogen and oxygen atoms in total. The van der Waals surface area contributed by atoms with Crippen LogP contribution in [0.2, 0.25) is 0 Å². The van der Waals surface area contributed by atoms with Gasteiger partial charge in [0.2, 0.25) is 0 Å². The van der Waals surface area contributed by atoms with Crippen molar-refractivity contribution in [1.82, 2.24) is 9.80 Å². The van der Waals surface area contributed by atoms with E-state index in [4.69, 9.17) is 5.11 Å². The van der Waals surface area contributed by atoms with Crippen molar-refractivity contribution >= 4 is 27.9 Å². The van der Waals surface area contributed by atoms with E-state index >= 15 is 0 Å². The SMILES string of the molecule is CN(Cc1cccc(Br)c1)C(=O)N(CC(=O)O)C1CC1. The number of carbonyl (C=O) groups excluding carboxylic acids is 1. The Labute approximate surface area is 126 Å². The summed E-state index contributed by atoms with van der Waals surface area (Å²) in [7, 11) is 1.69. The molecule has 6 heteroatoms. The first-order chi connectivity index (χ1) is 9.47. The van der Waals surface area contributed by atoms with E-state index in [9.17, 15) is 9.59 Å². The van der Waals surface area contributed by atoms with Crippen LogP contribution in [0.1, 0.15) is 18.4 Å². The Hall–Kier alpha value is -1.56. The molecule has 0 unspecified atom stereocenters. The third-order valence-corrected chi connectivity index (χ3v) is 3.67. The lowest BCUT2D eigenvalue weighted by Crippen LogP contribution is -2.44. The number of benzene rings is 1. The first kappa shape index (κ1) is 14.8. The summed E-state index contributed by atoms with van der Waals surface area (Å²) in [5.74, 6) is -0.971. The number of rotatable bonds is 5. The Morgan fingerprint density at radius 3 is 2.65 bits per heavy atom. The lowest BCUT2D eigenvalue weighted by Gasteiger charge is -2.27. The van der Waals surface area contributed by atoms with Gasteiger partial charge in [-0.25, -0.2) is 4.79 Å². The van der Waals surface area contributed by atoms with Crippen LogP contribution in [0.15, 0.2) is 28.7 Å². The second kappa shape index (κ2) is 6.26. The fourth-order valence-corrected chi connectivity index (χ4v) is 2.53. The van der Waals surface area contributed by atoms with Crippen molar-refractivity contribution < 1.29 is 14.7 Å². The van der Waals surface area contributed by atoms with E-state index in [1.54, 1.807) is 11.9 Å². The van der Waals surface area contributed by atoms with Crippen LogP contribution in [0.5, 0.6) is 0 Å². The summed E-state index contributed by atoms with van der Waals surface area (Å²) in [4.78, 5) is 26.2. The van der Waals surface area contributed by atoms with Crippen LogP contribution in [-0.4, -0.2) is 46.5 Å². The molecule has 2 rings (SSSR count). The normalized spacial score (nSPS) is 13.9. The fraction of sp³-hybridized carbons (Fsp3) is 0.429. The molecule has 20 heavy (non-hydrogen) atoms. The van der Waals surface area contributed by atoms with Gasteiger partial charge in [-0.15, -0.1) is 0 Å². The van der Waals surface area contributed by atoms with Gasteiger partial charge in [0.1, 0.15) is 6.54 Å². The van der Waals surface area contributed by atoms with Gasteiger partial charge < -0.3 is 14.9 Å². The second-order valence-corrected chi connectivity index (χ2v) is 5.94. The summed E-state index contributed by atoms with van der Waals surface area (Å²) >= 11 is 3.39. The van der Waals surface area contributed by atoms with Gasteiger partial charge in [-0.1, -0.05) is 28.1 Å². The minimum absolute atomic E-state index is 0.0866. The molecule has 0 saturated heterocycles. The smallest absolute Gasteiger partial charge is 0.323 e. The highest BCUT2D eigenvalue weighted by Crippen LogP contribution is 2.27. The number of carboxylic acid groups (broad SMARTS) is 1. The Bertz CT molecular complexity index is 517. The maximum atomic E-state index is 12.3. The van der Waals surface area contributed by atoms with Crippen LogP contribution in [0, 0.1) is 0 Å². The van der Waals surface area contributed by atoms with Crippen LogP contribution in [0.3, 0.4) is 0 Å². The second-order valence-electron chi connectivity index (χ2n) is 5.02. The maximum Gasteiger partial charge on any atom is 0.323 e. The van der Waals surface area contributed by atoms with E-state index in [2.05, 4.69) is 15.9 Å². The first-order valence-electron chi connectivity index (χ1n) is 6.45. The lowest BCUT2D eigenvalue weighted by atomic mass is 10.2. The topological polar surface area (TPSA) is 60.9 Å². The fourth-order valence-electron chi connectivity index (χ4n) is 2.08. The van der Waals surface area contributed by atoms with Crippen LogP contribution >= 0.6 is 15.9 Å². The van der Waals surface area contributed by atoms with Crippen LogP contribution in [0.4, 0.5) is 4.79 Å². The van der Waals surface area contributed by atoms with Gasteiger partial charge in [0.25, 0.3) is 0 Å². The van der Waals surface area contributed by atoms with Gasteiger partial charge >= 0.3 is 12.0 Å². The average molecular weight is 341 g/mol. The summed E-state index contributed by atoms with van der Waals surface area (Å²) < 4.78 is 0.959. The molecule has 0 aliphatic heterocycles. The summed E-state index contributed by atoms with van der Waals surface area (Å²) in [6.45, 7) is 0.230. The largest absolute Gasteiger partial charge is 0.480 e. The minimum atomic E-state index is -0.971. The maximum absolute atomic E-state index is 12.3. The number of halogens is 1. The molecule has 1 aromatic carbocycles. The predicted molar refractivity (Wildman–Crippen MR) is 78.4 cm³/mol. The molecular weight excluding hydrogens is 324 g/mol. The molecule has 2 amide bonds. The molecule has 0 spiro atoms. The van der Waals surface area contributed by atoms with Gasteiger partial charge in [0.05, 0.1) is 0 Å². The van der Waals surface area contributed by atoms with Gasteiger partial charge in [0, 0.05) is 24.1 Å². The van der Waals surface area contributed by atoms with Gasteiger partial charge in [0.15, 0.2) is 0 Å². The molecule has 1 saturated carbocycles. The highest BCUT2D eigenvalue weighted by Gasteiger charge is 2.35. The quantitative estimate of drug-likeness (QED) is 0.895. The number of amides is 2.